The molecule has 4 heteroatoms. The summed E-state index contributed by atoms with van der Waals surface area (Å²) in [6.07, 6.45) is 0. The number of hydrogen-bond donors (Lipinski definition) is 0. The molecule has 0 amide bonds. The largest absolute Gasteiger partial charge is 0.508 e. The summed E-state index contributed by atoms with van der Waals surface area (Å²) in [7, 11) is -2.64. The molecule has 0 aliphatic rings. The molecule has 0 saturated heterocycles. The van der Waals surface area contributed by atoms with Crippen molar-refractivity contribution in [3.63, 3.8) is 0 Å². The monoisotopic (exact) mass is 268 g/mol. The van der Waals surface area contributed by atoms with Gasteiger partial charge in [0.1, 0.15) is 0 Å². The van der Waals surface area contributed by atoms with Gasteiger partial charge in [0.2, 0.25) is 0 Å². The van der Waals surface area contributed by atoms with Crippen molar-refractivity contribution in [1.82, 2.24) is 0 Å². The van der Waals surface area contributed by atoms with Crippen LogP contribution < -0.4 is 0 Å². The minimum absolute atomic E-state index is 0.151. The normalized spacial score (nSPS) is 13.6. The lowest BCUT2D eigenvalue weighted by Crippen LogP contribution is -2.51. The average Bonchev–Trinajstić information content (AvgIpc) is 2.39. The first-order chi connectivity index (χ1) is 8.70. The Morgan fingerprint density at radius 2 is 1.33 bits per heavy atom. The molecule has 102 valence electrons. The van der Waals surface area contributed by atoms with Crippen molar-refractivity contribution < 1.29 is 13.3 Å². The Labute approximate surface area is 111 Å². The van der Waals surface area contributed by atoms with Crippen molar-refractivity contribution in [1.29, 1.82) is 0 Å². The molecular formula is C14H24O3Si. The Balaban J connectivity index is 2.99. The first kappa shape index (κ1) is 15.4. The predicted molar refractivity (Wildman–Crippen MR) is 75.5 cm³/mol. The highest BCUT2D eigenvalue weighted by atomic mass is 28.4. The van der Waals surface area contributed by atoms with Crippen molar-refractivity contribution in [2.45, 2.75) is 33.2 Å². The van der Waals surface area contributed by atoms with E-state index in [9.17, 15) is 0 Å². The first-order valence-electron chi connectivity index (χ1n) is 6.67. The molecule has 1 atom stereocenters. The maximum absolute atomic E-state index is 5.92. The summed E-state index contributed by atoms with van der Waals surface area (Å²) in [5, 5.41) is 0. The fraction of sp³-hybridized carbons (Fsp3) is 0.571. The van der Waals surface area contributed by atoms with Crippen molar-refractivity contribution in [3.05, 3.63) is 35.9 Å². The predicted octanol–water partition coefficient (Wildman–Crippen LogP) is 3.38. The van der Waals surface area contributed by atoms with E-state index in [0.717, 1.165) is 0 Å². The molecule has 0 fully saturated rings. The summed E-state index contributed by atoms with van der Waals surface area (Å²) in [4.78, 5) is 0. The van der Waals surface area contributed by atoms with Gasteiger partial charge in [0.15, 0.2) is 0 Å². The molecule has 18 heavy (non-hydrogen) atoms. The lowest BCUT2D eigenvalue weighted by Gasteiger charge is -2.33. The summed E-state index contributed by atoms with van der Waals surface area (Å²) < 4.78 is 17.8. The zero-order valence-electron chi connectivity index (χ0n) is 11.8. The lowest BCUT2D eigenvalue weighted by atomic mass is 10.2. The SMILES string of the molecule is CCO[Si](OCC)(OCC)[C@@H](C)c1ccccc1. The smallest absolute Gasteiger partial charge is 0.373 e. The van der Waals surface area contributed by atoms with Crippen LogP contribution in [0.4, 0.5) is 0 Å². The van der Waals surface area contributed by atoms with Crippen molar-refractivity contribution in [3.8, 4) is 0 Å². The van der Waals surface area contributed by atoms with Gasteiger partial charge in [0.25, 0.3) is 0 Å². The van der Waals surface area contributed by atoms with E-state index >= 15 is 0 Å². The van der Waals surface area contributed by atoms with Gasteiger partial charge in [-0.15, -0.1) is 0 Å². The maximum Gasteiger partial charge on any atom is 0.508 e. The van der Waals surface area contributed by atoms with Crippen LogP contribution in [0.2, 0.25) is 0 Å². The van der Waals surface area contributed by atoms with E-state index in [0.29, 0.717) is 19.8 Å². The standard InChI is InChI=1S/C14H24O3Si/c1-5-15-18(16-6-2,17-7-3)13(4)14-11-9-8-10-12-14/h8-13H,5-7H2,1-4H3/t13-/m0/s1. The van der Waals surface area contributed by atoms with Crippen LogP contribution in [0.15, 0.2) is 30.3 Å². The van der Waals surface area contributed by atoms with E-state index in [1.54, 1.807) is 0 Å². The Bertz CT molecular complexity index is 312. The zero-order valence-corrected chi connectivity index (χ0v) is 12.8. The second-order valence-corrected chi connectivity index (χ2v) is 6.97. The molecule has 1 aromatic carbocycles. The fourth-order valence-electron chi connectivity index (χ4n) is 2.05. The molecule has 0 N–H and O–H groups in total. The third kappa shape index (κ3) is 3.65. The Hall–Kier alpha value is -0.683. The Morgan fingerprint density at radius 1 is 0.889 bits per heavy atom. The van der Waals surface area contributed by atoms with Gasteiger partial charge in [-0.1, -0.05) is 37.3 Å². The van der Waals surface area contributed by atoms with E-state index in [1.165, 1.54) is 5.56 Å². The Morgan fingerprint density at radius 3 is 1.72 bits per heavy atom. The van der Waals surface area contributed by atoms with Gasteiger partial charge < -0.3 is 13.3 Å². The van der Waals surface area contributed by atoms with Crippen LogP contribution in [-0.4, -0.2) is 28.6 Å². The molecule has 0 heterocycles. The quantitative estimate of drug-likeness (QED) is 0.677. The van der Waals surface area contributed by atoms with Gasteiger partial charge in [-0.2, -0.15) is 0 Å². The van der Waals surface area contributed by atoms with Crippen LogP contribution in [0.3, 0.4) is 0 Å². The van der Waals surface area contributed by atoms with Crippen molar-refractivity contribution in [2.75, 3.05) is 19.8 Å². The minimum atomic E-state index is -2.64. The summed E-state index contributed by atoms with van der Waals surface area (Å²) in [6.45, 7) is 9.92. The van der Waals surface area contributed by atoms with Crippen LogP contribution in [0.25, 0.3) is 0 Å². The summed E-state index contributed by atoms with van der Waals surface area (Å²) in [6, 6.07) is 10.3. The second-order valence-electron chi connectivity index (χ2n) is 4.03. The maximum atomic E-state index is 5.92. The van der Waals surface area contributed by atoms with Crippen LogP contribution in [0.5, 0.6) is 0 Å². The van der Waals surface area contributed by atoms with E-state index in [-0.39, 0.29) is 5.54 Å². The molecule has 0 bridgehead atoms. The molecule has 0 saturated carbocycles. The highest BCUT2D eigenvalue weighted by Crippen LogP contribution is 2.29. The zero-order chi connectivity index (χ0) is 13.4. The Kier molecular flexibility index (Phi) is 6.57. The molecule has 0 aromatic heterocycles. The highest BCUT2D eigenvalue weighted by Gasteiger charge is 2.47. The minimum Gasteiger partial charge on any atom is -0.373 e. The fourth-order valence-corrected chi connectivity index (χ4v) is 4.86. The molecule has 1 aromatic rings. The third-order valence-corrected chi connectivity index (χ3v) is 6.33. The molecule has 0 unspecified atom stereocenters. The molecule has 1 rings (SSSR count). The van der Waals surface area contributed by atoms with Crippen molar-refractivity contribution >= 4 is 8.80 Å². The summed E-state index contributed by atoms with van der Waals surface area (Å²) in [5.74, 6) is 0. The van der Waals surface area contributed by atoms with Gasteiger partial charge in [-0.05, 0) is 26.3 Å². The van der Waals surface area contributed by atoms with Gasteiger partial charge in [-0.25, -0.2) is 0 Å². The summed E-state index contributed by atoms with van der Waals surface area (Å²) >= 11 is 0. The highest BCUT2D eigenvalue weighted by molar-refractivity contribution is 6.62. The van der Waals surface area contributed by atoms with Crippen LogP contribution in [0, 0.1) is 0 Å². The topological polar surface area (TPSA) is 27.7 Å². The number of hydrogen-bond acceptors (Lipinski definition) is 3. The van der Waals surface area contributed by atoms with Crippen LogP contribution >= 0.6 is 0 Å². The number of rotatable bonds is 8. The van der Waals surface area contributed by atoms with Gasteiger partial charge in [0, 0.05) is 19.8 Å². The molecule has 0 spiro atoms. The van der Waals surface area contributed by atoms with E-state index in [1.807, 2.05) is 39.0 Å². The molecule has 3 nitrogen and oxygen atoms in total. The van der Waals surface area contributed by atoms with Gasteiger partial charge in [-0.3, -0.25) is 0 Å². The second kappa shape index (κ2) is 7.69. The third-order valence-electron chi connectivity index (χ3n) is 2.87. The molecule has 0 aliphatic heterocycles. The van der Waals surface area contributed by atoms with Crippen molar-refractivity contribution in [2.24, 2.45) is 0 Å². The van der Waals surface area contributed by atoms with Gasteiger partial charge in [0.05, 0.1) is 5.54 Å². The average molecular weight is 268 g/mol. The number of benzene rings is 1. The molecule has 0 radical (unpaired) electrons. The first-order valence-corrected chi connectivity index (χ1v) is 8.47. The van der Waals surface area contributed by atoms with Gasteiger partial charge >= 0.3 is 8.80 Å². The van der Waals surface area contributed by atoms with Crippen LogP contribution in [0.1, 0.15) is 38.8 Å². The summed E-state index contributed by atoms with van der Waals surface area (Å²) in [5.41, 5.74) is 1.36. The molecule has 0 aliphatic carbocycles. The van der Waals surface area contributed by atoms with E-state index < -0.39 is 8.80 Å². The van der Waals surface area contributed by atoms with Crippen LogP contribution in [-0.2, 0) is 13.3 Å². The van der Waals surface area contributed by atoms with E-state index in [2.05, 4.69) is 19.1 Å². The molecular weight excluding hydrogens is 244 g/mol. The lowest BCUT2D eigenvalue weighted by molar-refractivity contribution is 0.0633. The van der Waals surface area contributed by atoms with E-state index in [4.69, 9.17) is 13.3 Å².